The summed E-state index contributed by atoms with van der Waals surface area (Å²) in [6.07, 6.45) is 2.53. The summed E-state index contributed by atoms with van der Waals surface area (Å²) in [6.45, 7) is 3.80. The SMILES string of the molecule is CCCCC(C)(C(=O)[O-])c1ccccc1.[K+]. The van der Waals surface area contributed by atoms with Gasteiger partial charge in [-0.05, 0) is 12.0 Å². The van der Waals surface area contributed by atoms with E-state index in [0.29, 0.717) is 6.42 Å². The quantitative estimate of drug-likeness (QED) is 0.616. The molecule has 1 aromatic carbocycles. The van der Waals surface area contributed by atoms with Crippen molar-refractivity contribution in [3.63, 3.8) is 0 Å². The summed E-state index contributed by atoms with van der Waals surface area (Å²) < 4.78 is 0. The number of carboxylic acid groups (broad SMARTS) is 1. The van der Waals surface area contributed by atoms with Crippen LogP contribution in [0, 0.1) is 0 Å². The molecule has 0 fully saturated rings. The summed E-state index contributed by atoms with van der Waals surface area (Å²) in [6, 6.07) is 9.32. The fraction of sp³-hybridized carbons (Fsp3) is 0.462. The van der Waals surface area contributed by atoms with Gasteiger partial charge in [0.2, 0.25) is 0 Å². The van der Waals surface area contributed by atoms with Crippen molar-refractivity contribution in [1.29, 1.82) is 0 Å². The molecule has 1 aromatic rings. The molecule has 1 unspecified atom stereocenters. The topological polar surface area (TPSA) is 40.1 Å². The number of hydrogen-bond donors (Lipinski definition) is 0. The average molecular weight is 244 g/mol. The van der Waals surface area contributed by atoms with Crippen LogP contribution < -0.4 is 56.5 Å². The van der Waals surface area contributed by atoms with Crippen molar-refractivity contribution in [3.05, 3.63) is 35.9 Å². The predicted octanol–water partition coefficient (Wildman–Crippen LogP) is -1.11. The zero-order valence-corrected chi connectivity index (χ0v) is 13.4. The summed E-state index contributed by atoms with van der Waals surface area (Å²) in [5.74, 6) is -0.984. The Morgan fingerprint density at radius 3 is 2.31 bits per heavy atom. The Labute approximate surface area is 140 Å². The Morgan fingerprint density at radius 1 is 1.31 bits per heavy atom. The Bertz CT molecular complexity index is 324. The van der Waals surface area contributed by atoms with Gasteiger partial charge in [0, 0.05) is 5.41 Å². The number of unbranched alkanes of at least 4 members (excludes halogenated alkanes) is 1. The van der Waals surface area contributed by atoms with E-state index in [1.165, 1.54) is 0 Å². The molecule has 0 aliphatic rings. The molecule has 82 valence electrons. The third kappa shape index (κ3) is 3.97. The van der Waals surface area contributed by atoms with Crippen LogP contribution in [0.15, 0.2) is 30.3 Å². The molecular formula is C13H17KO2. The van der Waals surface area contributed by atoms with Gasteiger partial charge in [0.25, 0.3) is 0 Å². The van der Waals surface area contributed by atoms with E-state index in [9.17, 15) is 9.90 Å². The van der Waals surface area contributed by atoms with Gasteiger partial charge in [-0.3, -0.25) is 0 Å². The van der Waals surface area contributed by atoms with E-state index in [0.717, 1.165) is 18.4 Å². The largest absolute Gasteiger partial charge is 1.00 e. The van der Waals surface area contributed by atoms with E-state index in [2.05, 4.69) is 6.92 Å². The van der Waals surface area contributed by atoms with Gasteiger partial charge in [0.05, 0.1) is 5.97 Å². The zero-order valence-electron chi connectivity index (χ0n) is 10.3. The zero-order chi connectivity index (χ0) is 11.3. The van der Waals surface area contributed by atoms with Gasteiger partial charge < -0.3 is 9.90 Å². The molecule has 0 radical (unpaired) electrons. The van der Waals surface area contributed by atoms with Gasteiger partial charge in [-0.25, -0.2) is 0 Å². The van der Waals surface area contributed by atoms with Crippen LogP contribution in [0.3, 0.4) is 0 Å². The Hall–Kier alpha value is 0.326. The molecule has 0 saturated carbocycles. The molecule has 0 bridgehead atoms. The molecule has 0 aromatic heterocycles. The fourth-order valence-electron chi connectivity index (χ4n) is 1.70. The summed E-state index contributed by atoms with van der Waals surface area (Å²) in [7, 11) is 0. The van der Waals surface area contributed by atoms with E-state index in [1.54, 1.807) is 6.92 Å². The summed E-state index contributed by atoms with van der Waals surface area (Å²) in [5.41, 5.74) is -0.0180. The minimum atomic E-state index is -0.984. The van der Waals surface area contributed by atoms with Gasteiger partial charge in [0.1, 0.15) is 0 Å². The number of carboxylic acids is 1. The number of aliphatic carboxylic acids is 1. The molecule has 0 N–H and O–H groups in total. The summed E-state index contributed by atoms with van der Waals surface area (Å²) >= 11 is 0. The standard InChI is InChI=1S/C13H18O2.K/c1-3-4-10-13(2,12(14)15)11-8-6-5-7-9-11;/h5-9H,3-4,10H2,1-2H3,(H,14,15);/q;+1/p-1. The first-order valence-electron chi connectivity index (χ1n) is 5.38. The van der Waals surface area contributed by atoms with Gasteiger partial charge >= 0.3 is 51.4 Å². The van der Waals surface area contributed by atoms with E-state index in [4.69, 9.17) is 0 Å². The van der Waals surface area contributed by atoms with Gasteiger partial charge in [-0.1, -0.05) is 57.0 Å². The third-order valence-corrected chi connectivity index (χ3v) is 2.89. The van der Waals surface area contributed by atoms with Crippen LogP contribution >= 0.6 is 0 Å². The van der Waals surface area contributed by atoms with Crippen molar-refractivity contribution in [2.45, 2.75) is 38.5 Å². The number of hydrogen-bond acceptors (Lipinski definition) is 2. The van der Waals surface area contributed by atoms with Crippen molar-refractivity contribution in [1.82, 2.24) is 0 Å². The van der Waals surface area contributed by atoms with E-state index < -0.39 is 11.4 Å². The van der Waals surface area contributed by atoms with E-state index in [-0.39, 0.29) is 51.4 Å². The van der Waals surface area contributed by atoms with Crippen LogP contribution in [0.25, 0.3) is 0 Å². The predicted molar refractivity (Wildman–Crippen MR) is 58.3 cm³/mol. The minimum Gasteiger partial charge on any atom is -0.549 e. The molecule has 1 atom stereocenters. The molecule has 0 saturated heterocycles. The number of rotatable bonds is 5. The fourth-order valence-corrected chi connectivity index (χ4v) is 1.70. The maximum Gasteiger partial charge on any atom is 1.00 e. The molecule has 0 heterocycles. The van der Waals surface area contributed by atoms with Crippen molar-refractivity contribution >= 4 is 5.97 Å². The molecule has 0 spiro atoms. The van der Waals surface area contributed by atoms with Crippen LogP contribution in [0.2, 0.25) is 0 Å². The van der Waals surface area contributed by atoms with Crippen molar-refractivity contribution < 1.29 is 61.3 Å². The molecule has 2 nitrogen and oxygen atoms in total. The Kier molecular flexibility index (Phi) is 7.77. The smallest absolute Gasteiger partial charge is 0.549 e. The van der Waals surface area contributed by atoms with E-state index >= 15 is 0 Å². The number of carbonyl (C=O) groups is 1. The minimum absolute atomic E-state index is 0. The molecule has 3 heteroatoms. The molecule has 0 aliphatic heterocycles. The van der Waals surface area contributed by atoms with Gasteiger partial charge in [-0.15, -0.1) is 0 Å². The van der Waals surface area contributed by atoms with Crippen LogP contribution in [-0.4, -0.2) is 5.97 Å². The molecule has 0 amide bonds. The summed E-state index contributed by atoms with van der Waals surface area (Å²) in [4.78, 5) is 11.2. The second-order valence-electron chi connectivity index (χ2n) is 4.09. The van der Waals surface area contributed by atoms with Crippen LogP contribution in [0.4, 0.5) is 0 Å². The maximum atomic E-state index is 11.2. The van der Waals surface area contributed by atoms with E-state index in [1.807, 2.05) is 30.3 Å². The van der Waals surface area contributed by atoms with Crippen molar-refractivity contribution in [2.24, 2.45) is 0 Å². The van der Waals surface area contributed by atoms with Crippen molar-refractivity contribution in [2.75, 3.05) is 0 Å². The monoisotopic (exact) mass is 244 g/mol. The summed E-state index contributed by atoms with van der Waals surface area (Å²) in [5, 5.41) is 11.2. The molecule has 16 heavy (non-hydrogen) atoms. The number of benzene rings is 1. The second-order valence-corrected chi connectivity index (χ2v) is 4.09. The van der Waals surface area contributed by atoms with Crippen LogP contribution in [-0.2, 0) is 10.2 Å². The van der Waals surface area contributed by atoms with Crippen LogP contribution in [0.1, 0.15) is 38.7 Å². The third-order valence-electron chi connectivity index (χ3n) is 2.89. The van der Waals surface area contributed by atoms with Gasteiger partial charge in [-0.2, -0.15) is 0 Å². The second kappa shape index (κ2) is 7.61. The first kappa shape index (κ1) is 16.3. The molecule has 0 aliphatic carbocycles. The molecule has 1 rings (SSSR count). The first-order chi connectivity index (χ1) is 7.11. The van der Waals surface area contributed by atoms with Crippen molar-refractivity contribution in [3.8, 4) is 0 Å². The number of carbonyl (C=O) groups excluding carboxylic acids is 1. The normalized spacial score (nSPS) is 13.6. The maximum absolute atomic E-state index is 11.2. The average Bonchev–Trinajstić information content (AvgIpc) is 2.27. The Morgan fingerprint density at radius 2 is 1.88 bits per heavy atom. The molecular weight excluding hydrogens is 227 g/mol. The Balaban J connectivity index is 0.00000225. The van der Waals surface area contributed by atoms with Gasteiger partial charge in [0.15, 0.2) is 0 Å². The first-order valence-corrected chi connectivity index (χ1v) is 5.38. The van der Waals surface area contributed by atoms with Crippen LogP contribution in [0.5, 0.6) is 0 Å².